The van der Waals surface area contributed by atoms with Gasteiger partial charge in [0.1, 0.15) is 5.82 Å². The normalized spacial score (nSPS) is 11.9. The minimum absolute atomic E-state index is 0.0147. The molecule has 2 aromatic carbocycles. The first-order valence-electron chi connectivity index (χ1n) is 13.1. The number of hydrogen-bond donors (Lipinski definition) is 0. The maximum Gasteiger partial charge on any atom is 0.306 e. The molecule has 3 rings (SSSR count). The average molecular weight is 526 g/mol. The van der Waals surface area contributed by atoms with E-state index in [9.17, 15) is 14.4 Å². The summed E-state index contributed by atoms with van der Waals surface area (Å²) in [6.07, 6.45) is 4.56. The predicted molar refractivity (Wildman–Crippen MR) is 147 cm³/mol. The van der Waals surface area contributed by atoms with Gasteiger partial charge in [-0.2, -0.15) is 0 Å². The van der Waals surface area contributed by atoms with Crippen LogP contribution >= 0.6 is 11.6 Å². The molecule has 1 amide bonds. The van der Waals surface area contributed by atoms with E-state index in [2.05, 4.69) is 6.92 Å². The van der Waals surface area contributed by atoms with Gasteiger partial charge in [-0.25, -0.2) is 4.98 Å². The van der Waals surface area contributed by atoms with Gasteiger partial charge in [0.2, 0.25) is 5.91 Å². The molecule has 0 aliphatic heterocycles. The molecule has 0 N–H and O–H groups in total. The largest absolute Gasteiger partial charge is 0.466 e. The van der Waals surface area contributed by atoms with E-state index in [-0.39, 0.29) is 30.9 Å². The maximum absolute atomic E-state index is 13.8. The number of unbranched alkanes of at least 4 members (excludes halogenated alkanes) is 3. The standard InChI is InChI=1S/C29H36ClN3O4/c1-4-7-8-11-19-32(26(34)17-18-27(35)37-6-3)25(5-2)28-31-24-16-10-9-15-23(24)29(36)33(28)22-14-12-13-21(30)20-22/h9-10,12-16,20,25H,4-8,11,17-19H2,1-3H3. The minimum Gasteiger partial charge on any atom is -0.466 e. The lowest BCUT2D eigenvalue weighted by atomic mass is 10.1. The Hall–Kier alpha value is -3.19. The average Bonchev–Trinajstić information content (AvgIpc) is 2.89. The number of amides is 1. The number of para-hydroxylation sites is 1. The van der Waals surface area contributed by atoms with Crippen LogP contribution in [0.1, 0.15) is 77.6 Å². The molecule has 0 aliphatic carbocycles. The van der Waals surface area contributed by atoms with Gasteiger partial charge in [-0.3, -0.25) is 19.0 Å². The fourth-order valence-corrected chi connectivity index (χ4v) is 4.71. The molecular weight excluding hydrogens is 490 g/mol. The summed E-state index contributed by atoms with van der Waals surface area (Å²) in [5, 5.41) is 0.989. The number of benzene rings is 2. The molecule has 0 radical (unpaired) electrons. The summed E-state index contributed by atoms with van der Waals surface area (Å²) in [6, 6.07) is 13.8. The number of aromatic nitrogens is 2. The van der Waals surface area contributed by atoms with Gasteiger partial charge < -0.3 is 9.64 Å². The van der Waals surface area contributed by atoms with Crippen LogP contribution in [0.25, 0.3) is 16.6 Å². The van der Waals surface area contributed by atoms with Crippen LogP contribution in [0, 0.1) is 0 Å². The smallest absolute Gasteiger partial charge is 0.306 e. The second-order valence-corrected chi connectivity index (χ2v) is 9.42. The first-order valence-corrected chi connectivity index (χ1v) is 13.5. The number of hydrogen-bond acceptors (Lipinski definition) is 5. The van der Waals surface area contributed by atoms with E-state index in [0.29, 0.717) is 40.4 Å². The van der Waals surface area contributed by atoms with Crippen molar-refractivity contribution in [3.05, 3.63) is 69.7 Å². The first kappa shape index (κ1) is 28.4. The Balaban J connectivity index is 2.11. The van der Waals surface area contributed by atoms with Crippen molar-refractivity contribution in [2.75, 3.05) is 13.2 Å². The van der Waals surface area contributed by atoms with Crippen LogP contribution in [0.2, 0.25) is 5.02 Å². The van der Waals surface area contributed by atoms with Gasteiger partial charge in [-0.05, 0) is 50.1 Å². The van der Waals surface area contributed by atoms with Crippen LogP contribution in [-0.2, 0) is 14.3 Å². The fourth-order valence-electron chi connectivity index (χ4n) is 4.53. The monoisotopic (exact) mass is 525 g/mol. The molecule has 198 valence electrons. The second-order valence-electron chi connectivity index (χ2n) is 8.98. The second kappa shape index (κ2) is 13.9. The summed E-state index contributed by atoms with van der Waals surface area (Å²) in [5.74, 6) is -0.0700. The lowest BCUT2D eigenvalue weighted by Crippen LogP contribution is -2.39. The number of carbonyl (C=O) groups excluding carboxylic acids is 2. The Morgan fingerprint density at radius 2 is 1.81 bits per heavy atom. The van der Waals surface area contributed by atoms with Crippen molar-refractivity contribution in [1.82, 2.24) is 14.5 Å². The SMILES string of the molecule is CCCCCCN(C(=O)CCC(=O)OCC)C(CC)c1nc2ccccc2c(=O)n1-c1cccc(Cl)c1. The molecule has 37 heavy (non-hydrogen) atoms. The molecule has 8 heteroatoms. The van der Waals surface area contributed by atoms with Gasteiger partial charge in [0.15, 0.2) is 0 Å². The topological polar surface area (TPSA) is 81.5 Å². The van der Waals surface area contributed by atoms with Crippen molar-refractivity contribution in [2.24, 2.45) is 0 Å². The Bertz CT molecular complexity index is 1270. The van der Waals surface area contributed by atoms with Crippen molar-refractivity contribution >= 4 is 34.4 Å². The molecule has 0 saturated heterocycles. The molecule has 0 bridgehead atoms. The van der Waals surface area contributed by atoms with Gasteiger partial charge in [0, 0.05) is 18.0 Å². The highest BCUT2D eigenvalue weighted by Gasteiger charge is 2.29. The molecule has 0 spiro atoms. The van der Waals surface area contributed by atoms with Crippen LogP contribution in [0.4, 0.5) is 0 Å². The quantitative estimate of drug-likeness (QED) is 0.195. The highest BCUT2D eigenvalue weighted by molar-refractivity contribution is 6.30. The number of nitrogens with zero attached hydrogens (tertiary/aromatic N) is 3. The molecule has 3 aromatic rings. The summed E-state index contributed by atoms with van der Waals surface area (Å²) in [7, 11) is 0. The molecule has 7 nitrogen and oxygen atoms in total. The number of fused-ring (bicyclic) bond motifs is 1. The van der Waals surface area contributed by atoms with Gasteiger partial charge in [0.05, 0.1) is 35.7 Å². The number of ether oxygens (including phenoxy) is 1. The third-order valence-corrected chi connectivity index (χ3v) is 6.59. The highest BCUT2D eigenvalue weighted by Crippen LogP contribution is 2.28. The van der Waals surface area contributed by atoms with Gasteiger partial charge in [-0.15, -0.1) is 0 Å². The molecule has 0 fully saturated rings. The molecule has 0 saturated carbocycles. The van der Waals surface area contributed by atoms with Crippen LogP contribution in [0.3, 0.4) is 0 Å². The number of esters is 1. The van der Waals surface area contributed by atoms with Gasteiger partial charge in [0.25, 0.3) is 5.56 Å². The Kier molecular flexibility index (Phi) is 10.7. The summed E-state index contributed by atoms with van der Waals surface area (Å²) >= 11 is 6.29. The van der Waals surface area contributed by atoms with E-state index in [0.717, 1.165) is 25.7 Å². The Morgan fingerprint density at radius 1 is 1.03 bits per heavy atom. The number of rotatable bonds is 13. The van der Waals surface area contributed by atoms with Gasteiger partial charge >= 0.3 is 5.97 Å². The molecule has 0 aliphatic rings. The van der Waals surface area contributed by atoms with Crippen molar-refractivity contribution in [3.8, 4) is 5.69 Å². The molecule has 1 atom stereocenters. The van der Waals surface area contributed by atoms with Crippen LogP contribution in [-0.4, -0.2) is 39.5 Å². The zero-order valence-electron chi connectivity index (χ0n) is 21.9. The fraction of sp³-hybridized carbons (Fsp3) is 0.448. The third-order valence-electron chi connectivity index (χ3n) is 6.35. The molecular formula is C29H36ClN3O4. The first-order chi connectivity index (χ1) is 17.9. The Morgan fingerprint density at radius 3 is 2.51 bits per heavy atom. The van der Waals surface area contributed by atoms with E-state index in [1.165, 1.54) is 0 Å². The highest BCUT2D eigenvalue weighted by atomic mass is 35.5. The lowest BCUT2D eigenvalue weighted by molar-refractivity contribution is -0.146. The van der Waals surface area contributed by atoms with Crippen molar-refractivity contribution in [2.45, 2.75) is 71.8 Å². The molecule has 1 unspecified atom stereocenters. The van der Waals surface area contributed by atoms with Crippen LogP contribution in [0.5, 0.6) is 0 Å². The number of halogens is 1. The van der Waals surface area contributed by atoms with E-state index < -0.39 is 12.0 Å². The molecule has 1 heterocycles. The third kappa shape index (κ3) is 7.19. The maximum atomic E-state index is 13.8. The summed E-state index contributed by atoms with van der Waals surface area (Å²) in [5.41, 5.74) is 0.949. The van der Waals surface area contributed by atoms with E-state index in [4.69, 9.17) is 21.3 Å². The minimum atomic E-state index is -0.465. The predicted octanol–water partition coefficient (Wildman–Crippen LogP) is 6.24. The van der Waals surface area contributed by atoms with Crippen LogP contribution in [0.15, 0.2) is 53.3 Å². The number of carbonyl (C=O) groups is 2. The van der Waals surface area contributed by atoms with E-state index >= 15 is 0 Å². The molecule has 1 aromatic heterocycles. The lowest BCUT2D eigenvalue weighted by Gasteiger charge is -2.32. The zero-order chi connectivity index (χ0) is 26.8. The summed E-state index contributed by atoms with van der Waals surface area (Å²) in [6.45, 7) is 6.65. The van der Waals surface area contributed by atoms with Crippen molar-refractivity contribution in [1.29, 1.82) is 0 Å². The van der Waals surface area contributed by atoms with Gasteiger partial charge in [-0.1, -0.05) is 62.9 Å². The van der Waals surface area contributed by atoms with Crippen LogP contribution < -0.4 is 5.56 Å². The van der Waals surface area contributed by atoms with Crippen molar-refractivity contribution < 1.29 is 14.3 Å². The Labute approximate surface area is 223 Å². The van der Waals surface area contributed by atoms with E-state index in [1.54, 1.807) is 40.7 Å². The van der Waals surface area contributed by atoms with E-state index in [1.807, 2.05) is 31.2 Å². The zero-order valence-corrected chi connectivity index (χ0v) is 22.7. The summed E-state index contributed by atoms with van der Waals surface area (Å²) < 4.78 is 6.60. The van der Waals surface area contributed by atoms with Crippen molar-refractivity contribution in [3.63, 3.8) is 0 Å². The summed E-state index contributed by atoms with van der Waals surface area (Å²) in [4.78, 5) is 46.0.